The van der Waals surface area contributed by atoms with Crippen LogP contribution in [0.2, 0.25) is 0 Å². The van der Waals surface area contributed by atoms with Crippen molar-refractivity contribution in [3.8, 4) is 0 Å². The summed E-state index contributed by atoms with van der Waals surface area (Å²) in [6.45, 7) is 6.75. The zero-order chi connectivity index (χ0) is 17.1. The van der Waals surface area contributed by atoms with Gasteiger partial charge in [-0.2, -0.15) is 0 Å². The molecule has 6 nitrogen and oxygen atoms in total. The standard InChI is InChI=1S/C17H30O6/c1-4-20-16(18)22-14-9-7-10-15(12-14)23-17(19)21-11-6-5-8-13(2)3/h13-15H,4-12H2,1-3H3. The summed E-state index contributed by atoms with van der Waals surface area (Å²) in [6, 6.07) is 0. The minimum atomic E-state index is -0.661. The molecule has 1 fully saturated rings. The van der Waals surface area contributed by atoms with Crippen molar-refractivity contribution in [2.75, 3.05) is 13.2 Å². The topological polar surface area (TPSA) is 71.1 Å². The third-order valence-electron chi connectivity index (χ3n) is 3.76. The minimum Gasteiger partial charge on any atom is -0.435 e. The van der Waals surface area contributed by atoms with E-state index >= 15 is 0 Å². The summed E-state index contributed by atoms with van der Waals surface area (Å²) in [5, 5.41) is 0. The van der Waals surface area contributed by atoms with Crippen LogP contribution in [0.1, 0.15) is 65.7 Å². The van der Waals surface area contributed by atoms with Gasteiger partial charge in [-0.15, -0.1) is 0 Å². The number of hydrogen-bond acceptors (Lipinski definition) is 6. The molecule has 2 unspecified atom stereocenters. The van der Waals surface area contributed by atoms with Gasteiger partial charge in [0.2, 0.25) is 0 Å². The lowest BCUT2D eigenvalue weighted by atomic mass is 9.95. The fourth-order valence-electron chi connectivity index (χ4n) is 2.58. The van der Waals surface area contributed by atoms with Crippen LogP contribution in [-0.4, -0.2) is 37.7 Å². The molecule has 0 spiro atoms. The molecule has 1 saturated carbocycles. The first kappa shape index (κ1) is 19.6. The van der Waals surface area contributed by atoms with Crippen LogP contribution in [0.3, 0.4) is 0 Å². The smallest absolute Gasteiger partial charge is 0.435 e. The highest BCUT2D eigenvalue weighted by atomic mass is 16.7. The third-order valence-corrected chi connectivity index (χ3v) is 3.76. The largest absolute Gasteiger partial charge is 0.508 e. The van der Waals surface area contributed by atoms with Gasteiger partial charge in [0.1, 0.15) is 12.2 Å². The van der Waals surface area contributed by atoms with Gasteiger partial charge in [-0.25, -0.2) is 9.59 Å². The van der Waals surface area contributed by atoms with Gasteiger partial charge in [0.05, 0.1) is 13.2 Å². The fourth-order valence-corrected chi connectivity index (χ4v) is 2.58. The lowest BCUT2D eigenvalue weighted by molar-refractivity contribution is -0.0340. The van der Waals surface area contributed by atoms with Gasteiger partial charge in [-0.05, 0) is 44.9 Å². The summed E-state index contributed by atoms with van der Waals surface area (Å²) in [4.78, 5) is 23.0. The Kier molecular flexibility index (Phi) is 9.48. The lowest BCUT2D eigenvalue weighted by Crippen LogP contribution is -2.31. The van der Waals surface area contributed by atoms with Crippen LogP contribution in [0.4, 0.5) is 9.59 Å². The molecular formula is C17H30O6. The van der Waals surface area contributed by atoms with E-state index in [0.29, 0.717) is 18.9 Å². The van der Waals surface area contributed by atoms with Crippen LogP contribution >= 0.6 is 0 Å². The first-order valence-electron chi connectivity index (χ1n) is 8.68. The molecule has 0 saturated heterocycles. The number of unbranched alkanes of at least 4 members (excludes halogenated alkanes) is 1. The molecular weight excluding hydrogens is 300 g/mol. The number of hydrogen-bond donors (Lipinski definition) is 0. The van der Waals surface area contributed by atoms with Crippen molar-refractivity contribution in [2.24, 2.45) is 5.92 Å². The van der Waals surface area contributed by atoms with E-state index in [2.05, 4.69) is 13.8 Å². The Morgan fingerprint density at radius 3 is 2.17 bits per heavy atom. The Labute approximate surface area is 138 Å². The van der Waals surface area contributed by atoms with Crippen molar-refractivity contribution in [2.45, 2.75) is 77.9 Å². The maximum Gasteiger partial charge on any atom is 0.508 e. The van der Waals surface area contributed by atoms with Crippen molar-refractivity contribution in [1.29, 1.82) is 0 Å². The maximum atomic E-state index is 11.7. The second-order valence-corrected chi connectivity index (χ2v) is 6.32. The van der Waals surface area contributed by atoms with Crippen LogP contribution in [0.25, 0.3) is 0 Å². The van der Waals surface area contributed by atoms with E-state index in [4.69, 9.17) is 18.9 Å². The van der Waals surface area contributed by atoms with E-state index in [1.807, 2.05) is 0 Å². The van der Waals surface area contributed by atoms with Crippen LogP contribution in [0.5, 0.6) is 0 Å². The van der Waals surface area contributed by atoms with Gasteiger partial charge >= 0.3 is 12.3 Å². The van der Waals surface area contributed by atoms with Crippen molar-refractivity contribution in [1.82, 2.24) is 0 Å². The fraction of sp³-hybridized carbons (Fsp3) is 0.882. The molecule has 2 atom stereocenters. The molecule has 0 aliphatic heterocycles. The van der Waals surface area contributed by atoms with E-state index in [1.54, 1.807) is 6.92 Å². The highest BCUT2D eigenvalue weighted by molar-refractivity contribution is 5.60. The molecule has 1 rings (SSSR count). The van der Waals surface area contributed by atoms with Crippen LogP contribution in [0, 0.1) is 5.92 Å². The van der Waals surface area contributed by atoms with Crippen molar-refractivity contribution in [3.63, 3.8) is 0 Å². The van der Waals surface area contributed by atoms with Gasteiger partial charge in [-0.3, -0.25) is 0 Å². The molecule has 134 valence electrons. The van der Waals surface area contributed by atoms with Crippen molar-refractivity contribution < 1.29 is 28.5 Å². The Bertz CT molecular complexity index is 355. The van der Waals surface area contributed by atoms with E-state index in [1.165, 1.54) is 0 Å². The molecule has 6 heteroatoms. The van der Waals surface area contributed by atoms with E-state index in [0.717, 1.165) is 38.5 Å². The summed E-state index contributed by atoms with van der Waals surface area (Å²) in [7, 11) is 0. The third kappa shape index (κ3) is 9.31. The SMILES string of the molecule is CCOC(=O)OC1CCCC(OC(=O)OCCCCC(C)C)C1. The maximum absolute atomic E-state index is 11.7. The quantitative estimate of drug-likeness (QED) is 0.483. The highest BCUT2D eigenvalue weighted by Crippen LogP contribution is 2.24. The lowest BCUT2D eigenvalue weighted by Gasteiger charge is -2.27. The average molecular weight is 330 g/mol. The normalized spacial score (nSPS) is 20.9. The van der Waals surface area contributed by atoms with Crippen molar-refractivity contribution >= 4 is 12.3 Å². The molecule has 0 amide bonds. The molecule has 1 aliphatic rings. The Hall–Kier alpha value is -1.46. The zero-order valence-corrected chi connectivity index (χ0v) is 14.5. The predicted octanol–water partition coefficient (Wildman–Crippen LogP) is 4.45. The second kappa shape index (κ2) is 11.1. The molecule has 0 aromatic carbocycles. The van der Waals surface area contributed by atoms with Crippen molar-refractivity contribution in [3.05, 3.63) is 0 Å². The summed E-state index contributed by atoms with van der Waals surface area (Å²) in [5.74, 6) is 0.667. The molecule has 0 aromatic heterocycles. The highest BCUT2D eigenvalue weighted by Gasteiger charge is 2.28. The molecule has 23 heavy (non-hydrogen) atoms. The Balaban J connectivity index is 2.17. The monoisotopic (exact) mass is 330 g/mol. The van der Waals surface area contributed by atoms with Gasteiger partial charge in [-0.1, -0.05) is 20.3 Å². The van der Waals surface area contributed by atoms with Gasteiger partial charge in [0.15, 0.2) is 0 Å². The molecule has 1 aliphatic carbocycles. The van der Waals surface area contributed by atoms with Crippen LogP contribution < -0.4 is 0 Å². The van der Waals surface area contributed by atoms with E-state index in [9.17, 15) is 9.59 Å². The number of ether oxygens (including phenoxy) is 4. The number of carbonyl (C=O) groups excluding carboxylic acids is 2. The zero-order valence-electron chi connectivity index (χ0n) is 14.5. The summed E-state index contributed by atoms with van der Waals surface area (Å²) >= 11 is 0. The average Bonchev–Trinajstić information content (AvgIpc) is 2.47. The summed E-state index contributed by atoms with van der Waals surface area (Å²) in [5.41, 5.74) is 0. The van der Waals surface area contributed by atoms with Gasteiger partial charge < -0.3 is 18.9 Å². The van der Waals surface area contributed by atoms with Crippen LogP contribution in [-0.2, 0) is 18.9 Å². The second-order valence-electron chi connectivity index (χ2n) is 6.32. The van der Waals surface area contributed by atoms with E-state index in [-0.39, 0.29) is 18.8 Å². The Morgan fingerprint density at radius 1 is 1.00 bits per heavy atom. The minimum absolute atomic E-state index is 0.258. The van der Waals surface area contributed by atoms with E-state index < -0.39 is 12.3 Å². The van der Waals surface area contributed by atoms with Crippen LogP contribution in [0.15, 0.2) is 0 Å². The predicted molar refractivity (Wildman–Crippen MR) is 85.3 cm³/mol. The molecule has 0 heterocycles. The Morgan fingerprint density at radius 2 is 1.61 bits per heavy atom. The first-order valence-corrected chi connectivity index (χ1v) is 8.68. The molecule has 0 N–H and O–H groups in total. The van der Waals surface area contributed by atoms with Gasteiger partial charge in [0.25, 0.3) is 0 Å². The molecule has 0 bridgehead atoms. The number of rotatable bonds is 8. The summed E-state index contributed by atoms with van der Waals surface area (Å²) in [6.07, 6.45) is 4.11. The summed E-state index contributed by atoms with van der Waals surface area (Å²) < 4.78 is 20.3. The molecule has 0 aromatic rings. The molecule has 0 radical (unpaired) electrons. The van der Waals surface area contributed by atoms with Gasteiger partial charge in [0, 0.05) is 6.42 Å². The number of carbonyl (C=O) groups is 2. The first-order chi connectivity index (χ1) is 11.0.